The zero-order valence-corrected chi connectivity index (χ0v) is 27.9. The van der Waals surface area contributed by atoms with Crippen molar-refractivity contribution in [3.05, 3.63) is 54.1 Å². The molecule has 0 bridgehead atoms. The van der Waals surface area contributed by atoms with Crippen molar-refractivity contribution in [1.82, 2.24) is 9.80 Å². The first kappa shape index (κ1) is 35.2. The molecule has 1 aliphatic carbocycles. The monoisotopic (exact) mass is 636 g/mol. The Morgan fingerprint density at radius 3 is 2.41 bits per heavy atom. The molecule has 1 saturated carbocycles. The molecule has 0 spiro atoms. The van der Waals surface area contributed by atoms with E-state index in [1.807, 2.05) is 44.2 Å². The van der Waals surface area contributed by atoms with E-state index >= 15 is 0 Å². The Hall–Kier alpha value is -3.63. The highest BCUT2D eigenvalue weighted by atomic mass is 16.5. The van der Waals surface area contributed by atoms with Crippen LogP contribution in [0, 0.1) is 11.8 Å². The molecule has 1 heterocycles. The fraction of sp³-hybridized carbons (Fsp3) is 0.583. The van der Waals surface area contributed by atoms with Crippen LogP contribution >= 0.6 is 0 Å². The van der Waals surface area contributed by atoms with Crippen molar-refractivity contribution in [1.29, 1.82) is 0 Å². The zero-order chi connectivity index (χ0) is 33.1. The van der Waals surface area contributed by atoms with E-state index in [4.69, 9.17) is 9.47 Å². The Kier molecular flexibility index (Phi) is 13.3. The fourth-order valence-corrected chi connectivity index (χ4v) is 6.17. The average Bonchev–Trinajstić information content (AvgIpc) is 3.06. The molecule has 46 heavy (non-hydrogen) atoms. The molecule has 1 fully saturated rings. The number of hydrogen-bond donors (Lipinski definition) is 3. The lowest BCUT2D eigenvalue weighted by molar-refractivity contribution is -0.120. The number of nitrogens with zero attached hydrogens (tertiary/aromatic N) is 2. The van der Waals surface area contributed by atoms with Gasteiger partial charge in [-0.25, -0.2) is 4.79 Å². The Morgan fingerprint density at radius 2 is 1.70 bits per heavy atom. The minimum atomic E-state index is -0.492. The largest absolute Gasteiger partial charge is 0.490 e. The van der Waals surface area contributed by atoms with E-state index in [0.29, 0.717) is 35.8 Å². The van der Waals surface area contributed by atoms with E-state index in [9.17, 15) is 19.5 Å². The number of anilines is 2. The molecular weight excluding hydrogens is 584 g/mol. The number of ether oxygens (including phenoxy) is 2. The second-order valence-corrected chi connectivity index (χ2v) is 13.0. The Bertz CT molecular complexity index is 1280. The Labute approximate surface area is 273 Å². The van der Waals surface area contributed by atoms with Crippen LogP contribution in [0.1, 0.15) is 82.5 Å². The molecule has 0 radical (unpaired) electrons. The summed E-state index contributed by atoms with van der Waals surface area (Å²) in [7, 11) is 1.73. The number of aliphatic hydroxyl groups is 1. The van der Waals surface area contributed by atoms with Crippen molar-refractivity contribution in [2.75, 3.05) is 44.0 Å². The number of amides is 4. The lowest BCUT2D eigenvalue weighted by atomic mass is 9.88. The topological polar surface area (TPSA) is 120 Å². The first-order chi connectivity index (χ1) is 22.2. The number of carbonyl (C=O) groups excluding carboxylic acids is 3. The standard InChI is InChI=1S/C36H52N4O6/c1-25-22-40(26(2)24-41)35(43)31-21-30(37-34(42)28-14-7-5-8-15-28)18-19-32(31)46-27(3)13-11-12-20-45-33(25)23-39(4)36(44)38-29-16-9-6-10-17-29/h6,9-10,16-19,21,25-28,33,41H,5,7-8,11-15,20,22-24H2,1-4H3,(H,37,42)(H,38,44)/t25-,26+,27+,33+/m0/s1. The van der Waals surface area contributed by atoms with Gasteiger partial charge in [-0.1, -0.05) is 44.4 Å². The fourth-order valence-electron chi connectivity index (χ4n) is 6.17. The van der Waals surface area contributed by atoms with Gasteiger partial charge in [-0.2, -0.15) is 0 Å². The second-order valence-electron chi connectivity index (χ2n) is 13.0. The van der Waals surface area contributed by atoms with Crippen LogP contribution in [0.5, 0.6) is 5.75 Å². The number of hydrogen-bond acceptors (Lipinski definition) is 6. The van der Waals surface area contributed by atoms with Crippen molar-refractivity contribution in [2.45, 2.75) is 90.4 Å². The average molecular weight is 637 g/mol. The lowest BCUT2D eigenvalue weighted by Crippen LogP contribution is -2.48. The van der Waals surface area contributed by atoms with Crippen LogP contribution in [-0.4, -0.2) is 84.4 Å². The highest BCUT2D eigenvalue weighted by Gasteiger charge is 2.31. The minimum Gasteiger partial charge on any atom is -0.490 e. The number of likely N-dealkylation sites (N-methyl/N-ethyl adjacent to an activating group) is 1. The van der Waals surface area contributed by atoms with Crippen molar-refractivity contribution in [3.8, 4) is 5.75 Å². The van der Waals surface area contributed by atoms with Gasteiger partial charge < -0.3 is 35.0 Å². The molecule has 2 aliphatic rings. The number of carbonyl (C=O) groups is 3. The molecule has 0 saturated heterocycles. The molecule has 4 amide bonds. The minimum absolute atomic E-state index is 0.0168. The van der Waals surface area contributed by atoms with Gasteiger partial charge in [-0.15, -0.1) is 0 Å². The van der Waals surface area contributed by atoms with Crippen LogP contribution in [-0.2, 0) is 9.53 Å². The maximum atomic E-state index is 14.3. The second kappa shape index (κ2) is 17.3. The molecular formula is C36H52N4O6. The van der Waals surface area contributed by atoms with Gasteiger partial charge in [-0.3, -0.25) is 9.59 Å². The predicted molar refractivity (Wildman–Crippen MR) is 180 cm³/mol. The van der Waals surface area contributed by atoms with Crippen LogP contribution in [0.2, 0.25) is 0 Å². The summed E-state index contributed by atoms with van der Waals surface area (Å²) < 4.78 is 12.7. The number of benzene rings is 2. The number of aliphatic hydroxyl groups excluding tert-OH is 1. The lowest BCUT2D eigenvalue weighted by Gasteiger charge is -2.35. The van der Waals surface area contributed by atoms with Crippen LogP contribution in [0.15, 0.2) is 48.5 Å². The highest BCUT2D eigenvalue weighted by molar-refractivity contribution is 6.00. The number of nitrogens with one attached hydrogen (secondary N) is 2. The van der Waals surface area contributed by atoms with Gasteiger partial charge in [0.2, 0.25) is 5.91 Å². The third-order valence-electron chi connectivity index (χ3n) is 9.12. The van der Waals surface area contributed by atoms with Gasteiger partial charge in [0.05, 0.1) is 30.4 Å². The zero-order valence-electron chi connectivity index (χ0n) is 27.9. The van der Waals surface area contributed by atoms with Gasteiger partial charge in [-0.05, 0) is 76.3 Å². The summed E-state index contributed by atoms with van der Waals surface area (Å²) in [5.74, 6) is -0.0540. The van der Waals surface area contributed by atoms with Gasteiger partial charge in [0, 0.05) is 50.0 Å². The summed E-state index contributed by atoms with van der Waals surface area (Å²) in [6, 6.07) is 13.8. The molecule has 0 aromatic heterocycles. The summed E-state index contributed by atoms with van der Waals surface area (Å²) in [4.78, 5) is 43.7. The molecule has 0 unspecified atom stereocenters. The molecule has 2 aromatic rings. The summed E-state index contributed by atoms with van der Waals surface area (Å²) in [5, 5.41) is 16.2. The van der Waals surface area contributed by atoms with Gasteiger partial charge >= 0.3 is 6.03 Å². The third-order valence-corrected chi connectivity index (χ3v) is 9.12. The smallest absolute Gasteiger partial charge is 0.321 e. The van der Waals surface area contributed by atoms with E-state index < -0.39 is 6.04 Å². The Morgan fingerprint density at radius 1 is 0.978 bits per heavy atom. The first-order valence-corrected chi connectivity index (χ1v) is 16.9. The summed E-state index contributed by atoms with van der Waals surface area (Å²) in [5.41, 5.74) is 1.60. The molecule has 10 heteroatoms. The van der Waals surface area contributed by atoms with Crippen molar-refractivity contribution < 1.29 is 29.0 Å². The quantitative estimate of drug-likeness (QED) is 0.335. The van der Waals surface area contributed by atoms with Crippen molar-refractivity contribution in [2.24, 2.45) is 11.8 Å². The third kappa shape index (κ3) is 9.93. The van der Waals surface area contributed by atoms with Crippen molar-refractivity contribution in [3.63, 3.8) is 0 Å². The molecule has 4 rings (SSSR count). The molecule has 3 N–H and O–H groups in total. The van der Waals surface area contributed by atoms with Crippen LogP contribution in [0.25, 0.3) is 0 Å². The first-order valence-electron chi connectivity index (χ1n) is 16.9. The van der Waals surface area contributed by atoms with Crippen LogP contribution in [0.3, 0.4) is 0 Å². The predicted octanol–water partition coefficient (Wildman–Crippen LogP) is 6.16. The molecule has 1 aliphatic heterocycles. The summed E-state index contributed by atoms with van der Waals surface area (Å²) >= 11 is 0. The summed E-state index contributed by atoms with van der Waals surface area (Å²) in [6.07, 6.45) is 6.98. The van der Waals surface area contributed by atoms with E-state index in [0.717, 1.165) is 51.4 Å². The van der Waals surface area contributed by atoms with E-state index in [1.165, 1.54) is 0 Å². The van der Waals surface area contributed by atoms with E-state index in [1.54, 1.807) is 42.0 Å². The van der Waals surface area contributed by atoms with Gasteiger partial charge in [0.15, 0.2) is 0 Å². The SMILES string of the molecule is C[C@@H]1CCCCO[C@H](CN(C)C(=O)Nc2ccccc2)[C@@H](C)CN([C@H](C)CO)C(=O)c2cc(NC(=O)C3CCCCC3)ccc2O1. The normalized spacial score (nSPS) is 22.5. The maximum Gasteiger partial charge on any atom is 0.321 e. The number of rotatable bonds is 7. The van der Waals surface area contributed by atoms with E-state index in [2.05, 4.69) is 10.6 Å². The molecule has 2 aromatic carbocycles. The number of fused-ring (bicyclic) bond motifs is 1. The number of para-hydroxylation sites is 1. The van der Waals surface area contributed by atoms with Gasteiger partial charge in [0.1, 0.15) is 5.75 Å². The summed E-state index contributed by atoms with van der Waals surface area (Å²) in [6.45, 7) is 6.69. The Balaban J connectivity index is 1.58. The van der Waals surface area contributed by atoms with Crippen LogP contribution in [0.4, 0.5) is 16.2 Å². The molecule has 252 valence electrons. The maximum absolute atomic E-state index is 14.3. The van der Waals surface area contributed by atoms with Crippen LogP contribution < -0.4 is 15.4 Å². The van der Waals surface area contributed by atoms with E-state index in [-0.39, 0.29) is 55.0 Å². The van der Waals surface area contributed by atoms with Crippen molar-refractivity contribution >= 4 is 29.2 Å². The number of urea groups is 1. The van der Waals surface area contributed by atoms with Gasteiger partial charge in [0.25, 0.3) is 5.91 Å². The molecule has 10 nitrogen and oxygen atoms in total. The molecule has 4 atom stereocenters. The highest BCUT2D eigenvalue weighted by Crippen LogP contribution is 2.30.